The molecule has 0 radical (unpaired) electrons. The Kier molecular flexibility index (Phi) is 5.44. The van der Waals surface area contributed by atoms with Gasteiger partial charge in [0.1, 0.15) is 0 Å². The minimum absolute atomic E-state index is 0.389. The van der Waals surface area contributed by atoms with E-state index in [0.29, 0.717) is 6.67 Å². The molecule has 1 aliphatic carbocycles. The van der Waals surface area contributed by atoms with Gasteiger partial charge in [-0.1, -0.05) is 115 Å². The van der Waals surface area contributed by atoms with E-state index in [4.69, 9.17) is 0 Å². The van der Waals surface area contributed by atoms with Crippen molar-refractivity contribution in [2.75, 3.05) is 19.0 Å². The topological polar surface area (TPSA) is 24.1 Å². The van der Waals surface area contributed by atoms with Gasteiger partial charge in [0.05, 0.1) is 12.1 Å². The summed E-state index contributed by atoms with van der Waals surface area (Å²) in [4.78, 5) is 0. The summed E-state index contributed by atoms with van der Waals surface area (Å²) < 4.78 is 0. The van der Waals surface area contributed by atoms with Crippen LogP contribution < -0.4 is 10.6 Å². The molecule has 2 nitrogen and oxygen atoms in total. The highest BCUT2D eigenvalue weighted by molar-refractivity contribution is 5.93. The fourth-order valence-electron chi connectivity index (χ4n) is 5.67. The molecule has 0 saturated heterocycles. The summed E-state index contributed by atoms with van der Waals surface area (Å²) in [5, 5.41) is 6.90. The Morgan fingerprint density at radius 1 is 0.543 bits per heavy atom. The lowest BCUT2D eigenvalue weighted by atomic mass is 9.67. The lowest BCUT2D eigenvalue weighted by molar-refractivity contribution is 0.768. The van der Waals surface area contributed by atoms with Crippen LogP contribution in [0.15, 0.2) is 127 Å². The second-order valence-corrected chi connectivity index (χ2v) is 9.04. The number of hydrogen-bond acceptors (Lipinski definition) is 2. The average molecular weight is 453 g/mol. The largest absolute Gasteiger partial charge is 0.372 e. The van der Waals surface area contributed by atoms with Gasteiger partial charge in [0.15, 0.2) is 0 Å². The highest BCUT2D eigenvalue weighted by atomic mass is 15.0. The third kappa shape index (κ3) is 3.38. The van der Waals surface area contributed by atoms with Crippen molar-refractivity contribution in [3.05, 3.63) is 150 Å². The average Bonchev–Trinajstić information content (AvgIpc) is 3.23. The Labute approximate surface area is 207 Å². The van der Waals surface area contributed by atoms with E-state index in [2.05, 4.69) is 138 Å². The Bertz CT molecular complexity index is 1420. The molecule has 2 heteroatoms. The molecule has 6 rings (SSSR count). The molecular weight excluding hydrogens is 424 g/mol. The van der Waals surface area contributed by atoms with Crippen LogP contribution in [-0.4, -0.2) is 13.7 Å². The van der Waals surface area contributed by atoms with Crippen molar-refractivity contribution in [2.45, 2.75) is 5.41 Å². The molecule has 5 aromatic carbocycles. The predicted molar refractivity (Wildman–Crippen MR) is 147 cm³/mol. The van der Waals surface area contributed by atoms with Crippen molar-refractivity contribution < 1.29 is 0 Å². The van der Waals surface area contributed by atoms with E-state index in [9.17, 15) is 0 Å². The zero-order chi connectivity index (χ0) is 23.7. The number of nitrogens with one attached hydrogen (secondary N) is 2. The molecule has 0 bridgehead atoms. The third-order valence-corrected chi connectivity index (χ3v) is 7.14. The van der Waals surface area contributed by atoms with E-state index >= 15 is 0 Å². The monoisotopic (exact) mass is 452 g/mol. The highest BCUT2D eigenvalue weighted by Gasteiger charge is 2.46. The first-order chi connectivity index (χ1) is 17.3. The Morgan fingerprint density at radius 2 is 1.11 bits per heavy atom. The van der Waals surface area contributed by atoms with Crippen LogP contribution in [0.4, 0.5) is 5.69 Å². The first-order valence-corrected chi connectivity index (χ1v) is 12.2. The van der Waals surface area contributed by atoms with Gasteiger partial charge in [-0.3, -0.25) is 0 Å². The summed E-state index contributed by atoms with van der Waals surface area (Å²) in [6.07, 6.45) is 0. The Balaban J connectivity index is 1.73. The molecule has 0 amide bonds. The molecule has 35 heavy (non-hydrogen) atoms. The van der Waals surface area contributed by atoms with E-state index in [1.807, 2.05) is 7.05 Å². The number of anilines is 1. The van der Waals surface area contributed by atoms with Crippen molar-refractivity contribution in [2.24, 2.45) is 0 Å². The van der Waals surface area contributed by atoms with Crippen LogP contribution in [0.5, 0.6) is 0 Å². The summed E-state index contributed by atoms with van der Waals surface area (Å²) >= 11 is 0. The molecule has 0 heterocycles. The predicted octanol–water partition coefficient (Wildman–Crippen LogP) is 7.31. The highest BCUT2D eigenvalue weighted by Crippen LogP contribution is 2.57. The minimum Gasteiger partial charge on any atom is -0.372 e. The molecule has 0 fully saturated rings. The second kappa shape index (κ2) is 8.90. The molecule has 170 valence electrons. The van der Waals surface area contributed by atoms with Crippen LogP contribution in [0.1, 0.15) is 22.3 Å². The van der Waals surface area contributed by atoms with Gasteiger partial charge < -0.3 is 10.6 Å². The smallest absolute Gasteiger partial charge is 0.0714 e. The van der Waals surface area contributed by atoms with Gasteiger partial charge in [-0.25, -0.2) is 0 Å². The molecule has 0 aromatic heterocycles. The third-order valence-electron chi connectivity index (χ3n) is 7.14. The second-order valence-electron chi connectivity index (χ2n) is 9.04. The number of fused-ring (bicyclic) bond motifs is 3. The summed E-state index contributed by atoms with van der Waals surface area (Å²) in [6, 6.07) is 46.2. The summed E-state index contributed by atoms with van der Waals surface area (Å²) in [5.74, 6) is 0. The van der Waals surface area contributed by atoms with Crippen LogP contribution in [0.3, 0.4) is 0 Å². The SMILES string of the molecule is CNCNc1cc2c(cc1-c1ccccc1)-c1ccccc1C2(c1ccccc1)c1ccccc1. The summed E-state index contributed by atoms with van der Waals surface area (Å²) in [7, 11) is 1.97. The number of hydrogen-bond donors (Lipinski definition) is 2. The molecule has 0 saturated carbocycles. The molecule has 5 aromatic rings. The van der Waals surface area contributed by atoms with Crippen molar-refractivity contribution >= 4 is 5.69 Å². The molecule has 2 N–H and O–H groups in total. The molecular formula is C33H28N2. The number of benzene rings is 5. The lowest BCUT2D eigenvalue weighted by Crippen LogP contribution is -2.28. The maximum Gasteiger partial charge on any atom is 0.0714 e. The normalized spacial score (nSPS) is 13.2. The van der Waals surface area contributed by atoms with Gasteiger partial charge in [-0.2, -0.15) is 0 Å². The van der Waals surface area contributed by atoms with Gasteiger partial charge in [0.25, 0.3) is 0 Å². The zero-order valence-electron chi connectivity index (χ0n) is 19.8. The van der Waals surface area contributed by atoms with E-state index in [-0.39, 0.29) is 5.41 Å². The molecule has 0 spiro atoms. The van der Waals surface area contributed by atoms with E-state index in [1.165, 1.54) is 44.5 Å². The zero-order valence-corrected chi connectivity index (χ0v) is 19.8. The van der Waals surface area contributed by atoms with Crippen molar-refractivity contribution in [1.29, 1.82) is 0 Å². The molecule has 1 aliphatic rings. The van der Waals surface area contributed by atoms with Gasteiger partial charge in [0.2, 0.25) is 0 Å². The van der Waals surface area contributed by atoms with Gasteiger partial charge in [-0.15, -0.1) is 0 Å². The van der Waals surface area contributed by atoms with Gasteiger partial charge in [-0.05, 0) is 58.1 Å². The quantitative estimate of drug-likeness (QED) is 0.259. The fraction of sp³-hybridized carbons (Fsp3) is 0.0909. The summed E-state index contributed by atoms with van der Waals surface area (Å²) in [6.45, 7) is 0.690. The molecule has 0 atom stereocenters. The maximum atomic E-state index is 3.65. The molecule has 0 aliphatic heterocycles. The fourth-order valence-corrected chi connectivity index (χ4v) is 5.67. The van der Waals surface area contributed by atoms with Crippen LogP contribution in [-0.2, 0) is 5.41 Å². The van der Waals surface area contributed by atoms with E-state index in [1.54, 1.807) is 0 Å². The van der Waals surface area contributed by atoms with Crippen LogP contribution >= 0.6 is 0 Å². The van der Waals surface area contributed by atoms with Crippen LogP contribution in [0, 0.1) is 0 Å². The van der Waals surface area contributed by atoms with Gasteiger partial charge in [0, 0.05) is 11.3 Å². The van der Waals surface area contributed by atoms with Crippen molar-refractivity contribution in [3.8, 4) is 22.3 Å². The van der Waals surface area contributed by atoms with Crippen LogP contribution in [0.25, 0.3) is 22.3 Å². The van der Waals surface area contributed by atoms with E-state index < -0.39 is 0 Å². The standard InChI is InChI=1S/C33H28N2/c1-34-23-35-32-22-31-29(21-28(32)24-13-5-2-6-14-24)27-19-11-12-20-30(27)33(31,25-15-7-3-8-16-25)26-17-9-4-10-18-26/h2-22,34-35H,23H2,1H3. The van der Waals surface area contributed by atoms with Crippen molar-refractivity contribution in [3.63, 3.8) is 0 Å². The van der Waals surface area contributed by atoms with Gasteiger partial charge >= 0.3 is 0 Å². The lowest BCUT2D eigenvalue weighted by Gasteiger charge is -2.34. The number of rotatable bonds is 6. The van der Waals surface area contributed by atoms with E-state index in [0.717, 1.165) is 5.69 Å². The Morgan fingerprint density at radius 3 is 1.74 bits per heavy atom. The summed E-state index contributed by atoms with van der Waals surface area (Å²) in [5.41, 5.74) is 11.0. The Hall–Kier alpha value is -4.14. The van der Waals surface area contributed by atoms with Crippen LogP contribution in [0.2, 0.25) is 0 Å². The minimum atomic E-state index is -0.389. The maximum absolute atomic E-state index is 3.65. The first kappa shape index (κ1) is 21.4. The molecule has 0 unspecified atom stereocenters. The van der Waals surface area contributed by atoms with Crippen molar-refractivity contribution in [1.82, 2.24) is 5.32 Å². The first-order valence-electron chi connectivity index (χ1n) is 12.2.